The molecule has 1 aromatic carbocycles. The van der Waals surface area contributed by atoms with E-state index in [4.69, 9.17) is 5.26 Å². The number of nitrogens with one attached hydrogen (secondary N) is 1. The van der Waals surface area contributed by atoms with Gasteiger partial charge in [0.25, 0.3) is 0 Å². The second kappa shape index (κ2) is 5.04. The standard InChI is InChI=1S/C11H8F4N2O/c1-6(5-16)10(18)17-9-4-7(11(13,14)15)2-3-8(9)12/h2-4,6H,1H3,(H,17,18). The van der Waals surface area contributed by atoms with Crippen LogP contribution in [0, 0.1) is 23.1 Å². The van der Waals surface area contributed by atoms with Crippen LogP contribution in [0.15, 0.2) is 18.2 Å². The Morgan fingerprint density at radius 1 is 1.44 bits per heavy atom. The molecule has 0 bridgehead atoms. The maximum atomic E-state index is 13.2. The van der Waals surface area contributed by atoms with Gasteiger partial charge in [-0.05, 0) is 25.1 Å². The van der Waals surface area contributed by atoms with Crippen molar-refractivity contribution < 1.29 is 22.4 Å². The summed E-state index contributed by atoms with van der Waals surface area (Å²) in [6, 6.07) is 3.25. The van der Waals surface area contributed by atoms with Crippen molar-refractivity contribution in [2.75, 3.05) is 5.32 Å². The maximum absolute atomic E-state index is 13.2. The molecule has 18 heavy (non-hydrogen) atoms. The average molecular weight is 260 g/mol. The molecule has 1 atom stereocenters. The zero-order valence-corrected chi connectivity index (χ0v) is 9.18. The van der Waals surface area contributed by atoms with Gasteiger partial charge in [0.2, 0.25) is 5.91 Å². The number of amides is 1. The van der Waals surface area contributed by atoms with Gasteiger partial charge in [-0.1, -0.05) is 0 Å². The molecule has 0 aliphatic heterocycles. The quantitative estimate of drug-likeness (QED) is 0.831. The summed E-state index contributed by atoms with van der Waals surface area (Å²) >= 11 is 0. The molecule has 0 aliphatic rings. The molecule has 0 aromatic heterocycles. The molecule has 1 N–H and O–H groups in total. The molecule has 0 spiro atoms. The second-order valence-electron chi connectivity index (χ2n) is 3.53. The smallest absolute Gasteiger partial charge is 0.322 e. The molecule has 0 heterocycles. The largest absolute Gasteiger partial charge is 0.416 e. The summed E-state index contributed by atoms with van der Waals surface area (Å²) in [5.41, 5.74) is -1.68. The van der Waals surface area contributed by atoms with Crippen molar-refractivity contribution >= 4 is 11.6 Å². The Hall–Kier alpha value is -2.10. The molecular formula is C11H8F4N2O. The number of alkyl halides is 3. The molecule has 1 unspecified atom stereocenters. The van der Waals surface area contributed by atoms with E-state index in [1.165, 1.54) is 6.92 Å². The molecule has 7 heteroatoms. The molecule has 0 saturated carbocycles. The SMILES string of the molecule is CC(C#N)C(=O)Nc1cc(C(F)(F)F)ccc1F. The summed E-state index contributed by atoms with van der Waals surface area (Å²) in [4.78, 5) is 11.3. The summed E-state index contributed by atoms with van der Waals surface area (Å²) in [5.74, 6) is -2.95. The molecule has 96 valence electrons. The fourth-order valence-corrected chi connectivity index (χ4v) is 1.10. The third kappa shape index (κ3) is 3.20. The molecule has 0 radical (unpaired) electrons. The third-order valence-corrected chi connectivity index (χ3v) is 2.14. The first-order valence-corrected chi connectivity index (χ1v) is 4.83. The summed E-state index contributed by atoms with van der Waals surface area (Å²) < 4.78 is 50.3. The van der Waals surface area contributed by atoms with E-state index < -0.39 is 35.1 Å². The van der Waals surface area contributed by atoms with E-state index in [1.807, 2.05) is 5.32 Å². The predicted molar refractivity (Wildman–Crippen MR) is 54.8 cm³/mol. The average Bonchev–Trinajstić information content (AvgIpc) is 2.29. The van der Waals surface area contributed by atoms with E-state index in [0.29, 0.717) is 18.2 Å². The van der Waals surface area contributed by atoms with Crippen LogP contribution in [0.4, 0.5) is 23.2 Å². The van der Waals surface area contributed by atoms with Crippen molar-refractivity contribution in [3.8, 4) is 6.07 Å². The molecular weight excluding hydrogens is 252 g/mol. The Kier molecular flexibility index (Phi) is 3.91. The molecule has 0 fully saturated rings. The first-order chi connectivity index (χ1) is 8.25. The van der Waals surface area contributed by atoms with Gasteiger partial charge in [-0.3, -0.25) is 4.79 Å². The number of hydrogen-bond acceptors (Lipinski definition) is 2. The van der Waals surface area contributed by atoms with Crippen molar-refractivity contribution in [2.24, 2.45) is 5.92 Å². The lowest BCUT2D eigenvalue weighted by Gasteiger charge is -2.11. The summed E-state index contributed by atoms with van der Waals surface area (Å²) in [5, 5.41) is 10.4. The highest BCUT2D eigenvalue weighted by molar-refractivity contribution is 5.94. The zero-order chi connectivity index (χ0) is 13.9. The Bertz CT molecular complexity index is 505. The van der Waals surface area contributed by atoms with E-state index in [9.17, 15) is 22.4 Å². The normalized spacial score (nSPS) is 12.7. The molecule has 1 rings (SSSR count). The van der Waals surface area contributed by atoms with Gasteiger partial charge in [0.05, 0.1) is 17.3 Å². The van der Waals surface area contributed by atoms with Gasteiger partial charge in [0.15, 0.2) is 0 Å². The Morgan fingerprint density at radius 3 is 2.56 bits per heavy atom. The first kappa shape index (κ1) is 14.0. The van der Waals surface area contributed by atoms with Crippen molar-refractivity contribution in [2.45, 2.75) is 13.1 Å². The number of carbonyl (C=O) groups excluding carboxylic acids is 1. The number of carbonyl (C=O) groups is 1. The van der Waals surface area contributed by atoms with Crippen LogP contribution in [0.2, 0.25) is 0 Å². The Balaban J connectivity index is 3.03. The first-order valence-electron chi connectivity index (χ1n) is 4.83. The number of halogens is 4. The van der Waals surface area contributed by atoms with E-state index in [0.717, 1.165) is 0 Å². The number of benzene rings is 1. The lowest BCUT2D eigenvalue weighted by Crippen LogP contribution is -2.20. The summed E-state index contributed by atoms with van der Waals surface area (Å²) in [6.07, 6.45) is -4.63. The summed E-state index contributed by atoms with van der Waals surface area (Å²) in [7, 11) is 0. The van der Waals surface area contributed by atoms with Crippen molar-refractivity contribution in [1.29, 1.82) is 5.26 Å². The van der Waals surface area contributed by atoms with Crippen LogP contribution in [-0.2, 0) is 11.0 Å². The van der Waals surface area contributed by atoms with Crippen molar-refractivity contribution in [3.05, 3.63) is 29.6 Å². The van der Waals surface area contributed by atoms with Gasteiger partial charge in [-0.2, -0.15) is 18.4 Å². The zero-order valence-electron chi connectivity index (χ0n) is 9.18. The monoisotopic (exact) mass is 260 g/mol. The lowest BCUT2D eigenvalue weighted by atomic mass is 10.1. The molecule has 3 nitrogen and oxygen atoms in total. The van der Waals surface area contributed by atoms with E-state index in [1.54, 1.807) is 6.07 Å². The van der Waals surface area contributed by atoms with E-state index >= 15 is 0 Å². The number of rotatable bonds is 2. The van der Waals surface area contributed by atoms with Gasteiger partial charge in [-0.25, -0.2) is 4.39 Å². The molecule has 1 amide bonds. The van der Waals surface area contributed by atoms with Crippen LogP contribution in [0.5, 0.6) is 0 Å². The molecule has 0 saturated heterocycles. The van der Waals surface area contributed by atoms with Gasteiger partial charge in [-0.15, -0.1) is 0 Å². The fourth-order valence-electron chi connectivity index (χ4n) is 1.10. The minimum absolute atomic E-state index is 0.483. The highest BCUT2D eigenvalue weighted by atomic mass is 19.4. The highest BCUT2D eigenvalue weighted by Crippen LogP contribution is 2.31. The molecule has 0 aliphatic carbocycles. The van der Waals surface area contributed by atoms with Crippen LogP contribution >= 0.6 is 0 Å². The summed E-state index contributed by atoms with van der Waals surface area (Å²) in [6.45, 7) is 1.25. The van der Waals surface area contributed by atoms with Crippen LogP contribution in [0.1, 0.15) is 12.5 Å². The van der Waals surface area contributed by atoms with Crippen LogP contribution in [0.3, 0.4) is 0 Å². The Morgan fingerprint density at radius 2 is 2.06 bits per heavy atom. The lowest BCUT2D eigenvalue weighted by molar-refractivity contribution is -0.137. The second-order valence-corrected chi connectivity index (χ2v) is 3.53. The van der Waals surface area contributed by atoms with E-state index in [2.05, 4.69) is 0 Å². The van der Waals surface area contributed by atoms with Crippen LogP contribution < -0.4 is 5.32 Å². The topological polar surface area (TPSA) is 52.9 Å². The third-order valence-electron chi connectivity index (χ3n) is 2.14. The Labute approximate surface area is 100 Å². The number of nitriles is 1. The van der Waals surface area contributed by atoms with Crippen molar-refractivity contribution in [3.63, 3.8) is 0 Å². The maximum Gasteiger partial charge on any atom is 0.416 e. The van der Waals surface area contributed by atoms with Gasteiger partial charge in [0, 0.05) is 0 Å². The predicted octanol–water partition coefficient (Wildman–Crippen LogP) is 2.94. The van der Waals surface area contributed by atoms with E-state index in [-0.39, 0.29) is 0 Å². The molecule has 1 aromatic rings. The minimum Gasteiger partial charge on any atom is -0.322 e. The minimum atomic E-state index is -4.63. The van der Waals surface area contributed by atoms with Gasteiger partial charge in [0.1, 0.15) is 11.7 Å². The number of hydrogen-bond donors (Lipinski definition) is 1. The number of nitrogens with zero attached hydrogens (tertiary/aromatic N) is 1. The van der Waals surface area contributed by atoms with Gasteiger partial charge < -0.3 is 5.32 Å². The van der Waals surface area contributed by atoms with Crippen molar-refractivity contribution in [1.82, 2.24) is 0 Å². The highest BCUT2D eigenvalue weighted by Gasteiger charge is 2.31. The van der Waals surface area contributed by atoms with Crippen LogP contribution in [0.25, 0.3) is 0 Å². The van der Waals surface area contributed by atoms with Gasteiger partial charge >= 0.3 is 6.18 Å². The number of anilines is 1. The van der Waals surface area contributed by atoms with Crippen LogP contribution in [-0.4, -0.2) is 5.91 Å². The fraction of sp³-hybridized carbons (Fsp3) is 0.273.